The lowest BCUT2D eigenvalue weighted by Crippen LogP contribution is -1.86. The molecule has 0 fully saturated rings. The molecule has 0 bridgehead atoms. The Hall–Kier alpha value is -3.14. The lowest BCUT2D eigenvalue weighted by atomic mass is 10.00. The first kappa shape index (κ1) is 17.7. The number of nitrogens with zero attached hydrogens (tertiary/aromatic N) is 2. The molecule has 0 atom stereocenters. The van der Waals surface area contributed by atoms with Gasteiger partial charge >= 0.3 is 0 Å². The van der Waals surface area contributed by atoms with Gasteiger partial charge in [0.2, 0.25) is 0 Å². The molecule has 1 N–H and O–H groups in total. The maximum atomic E-state index is 5.34. The molecule has 4 nitrogen and oxygen atoms in total. The zero-order valence-electron chi connectivity index (χ0n) is 14.5. The second-order valence-corrected chi connectivity index (χ2v) is 6.23. The quantitative estimate of drug-likeness (QED) is 0.467. The first-order valence-electron chi connectivity index (χ1n) is 8.28. The summed E-state index contributed by atoms with van der Waals surface area (Å²) in [7, 11) is 0. The predicted molar refractivity (Wildman–Crippen MR) is 108 cm³/mol. The van der Waals surface area contributed by atoms with Crippen molar-refractivity contribution in [1.82, 2.24) is 15.1 Å². The fraction of sp³-hybridized carbons (Fsp3) is 0.182. The number of imidazole rings is 1. The van der Waals surface area contributed by atoms with Crippen LogP contribution < -0.4 is 0 Å². The van der Waals surface area contributed by atoms with Crippen LogP contribution in [0.5, 0.6) is 0 Å². The van der Waals surface area contributed by atoms with Crippen LogP contribution in [0.15, 0.2) is 47.0 Å². The van der Waals surface area contributed by atoms with Gasteiger partial charge in [0.1, 0.15) is 11.6 Å². The minimum atomic E-state index is 0. The highest BCUT2D eigenvalue weighted by molar-refractivity contribution is 5.92. The second-order valence-electron chi connectivity index (χ2n) is 6.23. The van der Waals surface area contributed by atoms with E-state index in [0.717, 1.165) is 50.6 Å². The standard InChI is InChI=1S/C21H19N3O.CH4/c1-13-20(14(2)25-24-13)18-11-17(10-9-16-7-5-4-6-8-16)21-19(12-18)22-15(3)23-21;/h4-12H,1-3H3,(H,22,23);1H4/b10-9+;. The summed E-state index contributed by atoms with van der Waals surface area (Å²) in [4.78, 5) is 7.99. The highest BCUT2D eigenvalue weighted by Crippen LogP contribution is 2.32. The van der Waals surface area contributed by atoms with E-state index in [1.54, 1.807) is 0 Å². The number of aryl methyl sites for hydroxylation is 3. The normalized spacial score (nSPS) is 11.2. The van der Waals surface area contributed by atoms with Crippen LogP contribution in [0, 0.1) is 20.8 Å². The Morgan fingerprint density at radius 1 is 1.00 bits per heavy atom. The molecule has 0 saturated heterocycles. The van der Waals surface area contributed by atoms with E-state index >= 15 is 0 Å². The van der Waals surface area contributed by atoms with E-state index in [4.69, 9.17) is 4.52 Å². The Morgan fingerprint density at radius 2 is 1.77 bits per heavy atom. The number of hydrogen-bond acceptors (Lipinski definition) is 3. The van der Waals surface area contributed by atoms with Gasteiger partial charge in [0.25, 0.3) is 0 Å². The van der Waals surface area contributed by atoms with E-state index < -0.39 is 0 Å². The van der Waals surface area contributed by atoms with Crippen molar-refractivity contribution >= 4 is 23.2 Å². The molecular weight excluding hydrogens is 322 g/mol. The summed E-state index contributed by atoms with van der Waals surface area (Å²) in [6.45, 7) is 5.88. The topological polar surface area (TPSA) is 54.7 Å². The number of fused-ring (bicyclic) bond motifs is 1. The Balaban J connectivity index is 0.00000196. The van der Waals surface area contributed by atoms with Gasteiger partial charge in [0, 0.05) is 11.1 Å². The van der Waals surface area contributed by atoms with Crippen LogP contribution in [-0.2, 0) is 0 Å². The summed E-state index contributed by atoms with van der Waals surface area (Å²) in [5.74, 6) is 1.73. The number of aromatic amines is 1. The fourth-order valence-corrected chi connectivity index (χ4v) is 3.18. The summed E-state index contributed by atoms with van der Waals surface area (Å²) in [6, 6.07) is 14.5. The van der Waals surface area contributed by atoms with Crippen molar-refractivity contribution in [3.05, 3.63) is 70.9 Å². The molecule has 4 rings (SSSR count). The maximum Gasteiger partial charge on any atom is 0.141 e. The fourth-order valence-electron chi connectivity index (χ4n) is 3.18. The number of rotatable bonds is 3. The molecule has 132 valence electrons. The molecule has 0 unspecified atom stereocenters. The molecule has 2 aromatic heterocycles. The average molecular weight is 345 g/mol. The van der Waals surface area contributed by atoms with Gasteiger partial charge < -0.3 is 9.51 Å². The van der Waals surface area contributed by atoms with Crippen molar-refractivity contribution < 1.29 is 4.52 Å². The van der Waals surface area contributed by atoms with Gasteiger partial charge in [-0.05, 0) is 44.0 Å². The summed E-state index contributed by atoms with van der Waals surface area (Å²) < 4.78 is 5.34. The second kappa shape index (κ2) is 7.00. The summed E-state index contributed by atoms with van der Waals surface area (Å²) >= 11 is 0. The molecule has 0 amide bonds. The van der Waals surface area contributed by atoms with Gasteiger partial charge in [0.15, 0.2) is 0 Å². The molecule has 0 aliphatic heterocycles. The van der Waals surface area contributed by atoms with Crippen LogP contribution in [0.4, 0.5) is 0 Å². The Bertz CT molecular complexity index is 1050. The third-order valence-corrected chi connectivity index (χ3v) is 4.31. The smallest absolute Gasteiger partial charge is 0.141 e. The molecular formula is C22H23N3O. The average Bonchev–Trinajstić information content (AvgIpc) is 3.14. The van der Waals surface area contributed by atoms with Crippen LogP contribution in [-0.4, -0.2) is 15.1 Å². The minimum absolute atomic E-state index is 0. The van der Waals surface area contributed by atoms with Crippen molar-refractivity contribution in [2.45, 2.75) is 28.2 Å². The van der Waals surface area contributed by atoms with Crippen molar-refractivity contribution in [2.24, 2.45) is 0 Å². The largest absolute Gasteiger partial charge is 0.361 e. The van der Waals surface area contributed by atoms with Gasteiger partial charge in [-0.2, -0.15) is 0 Å². The van der Waals surface area contributed by atoms with Crippen molar-refractivity contribution in [3.63, 3.8) is 0 Å². The zero-order valence-corrected chi connectivity index (χ0v) is 14.5. The molecule has 0 saturated carbocycles. The van der Waals surface area contributed by atoms with Gasteiger partial charge in [-0.3, -0.25) is 0 Å². The molecule has 4 aromatic rings. The molecule has 0 radical (unpaired) electrons. The Kier molecular flexibility index (Phi) is 4.76. The Labute approximate surface area is 153 Å². The first-order chi connectivity index (χ1) is 12.1. The lowest BCUT2D eigenvalue weighted by molar-refractivity contribution is 0.393. The molecule has 0 aliphatic rings. The van der Waals surface area contributed by atoms with Gasteiger partial charge in [0.05, 0.1) is 16.7 Å². The van der Waals surface area contributed by atoms with Crippen LogP contribution in [0.3, 0.4) is 0 Å². The van der Waals surface area contributed by atoms with Gasteiger partial charge in [-0.1, -0.05) is 55.1 Å². The van der Waals surface area contributed by atoms with E-state index in [9.17, 15) is 0 Å². The van der Waals surface area contributed by atoms with E-state index in [1.807, 2.05) is 39.0 Å². The first-order valence-corrected chi connectivity index (χ1v) is 8.28. The number of H-pyrrole nitrogens is 1. The van der Waals surface area contributed by atoms with E-state index in [1.165, 1.54) is 0 Å². The molecule has 2 heterocycles. The summed E-state index contributed by atoms with van der Waals surface area (Å²) in [5.41, 5.74) is 7.24. The van der Waals surface area contributed by atoms with Gasteiger partial charge in [-0.15, -0.1) is 0 Å². The van der Waals surface area contributed by atoms with E-state index in [2.05, 4.69) is 51.5 Å². The number of benzene rings is 2. The third-order valence-electron chi connectivity index (χ3n) is 4.31. The van der Waals surface area contributed by atoms with Crippen LogP contribution in [0.2, 0.25) is 0 Å². The number of hydrogen-bond donors (Lipinski definition) is 1. The SMILES string of the molecule is C.Cc1nc2c(/C=C/c3ccccc3)cc(-c3c(C)noc3C)cc2[nH]1. The third kappa shape index (κ3) is 3.18. The number of nitrogens with one attached hydrogen (secondary N) is 1. The predicted octanol–water partition coefficient (Wildman–Crippen LogP) is 5.95. The van der Waals surface area contributed by atoms with Crippen LogP contribution >= 0.6 is 0 Å². The monoisotopic (exact) mass is 345 g/mol. The molecule has 2 aromatic carbocycles. The van der Waals surface area contributed by atoms with Crippen molar-refractivity contribution in [2.75, 3.05) is 0 Å². The van der Waals surface area contributed by atoms with E-state index in [0.29, 0.717) is 0 Å². The van der Waals surface area contributed by atoms with Crippen LogP contribution in [0.25, 0.3) is 34.3 Å². The molecule has 4 heteroatoms. The summed E-state index contributed by atoms with van der Waals surface area (Å²) in [5, 5.41) is 4.08. The Morgan fingerprint density at radius 3 is 2.46 bits per heavy atom. The minimum Gasteiger partial charge on any atom is -0.361 e. The van der Waals surface area contributed by atoms with Crippen molar-refractivity contribution in [3.8, 4) is 11.1 Å². The highest BCUT2D eigenvalue weighted by atomic mass is 16.5. The highest BCUT2D eigenvalue weighted by Gasteiger charge is 2.14. The van der Waals surface area contributed by atoms with Crippen molar-refractivity contribution in [1.29, 1.82) is 0 Å². The molecule has 0 aliphatic carbocycles. The van der Waals surface area contributed by atoms with E-state index in [-0.39, 0.29) is 7.43 Å². The molecule has 26 heavy (non-hydrogen) atoms. The lowest BCUT2D eigenvalue weighted by Gasteiger charge is -2.04. The number of aromatic nitrogens is 3. The molecule has 0 spiro atoms. The zero-order chi connectivity index (χ0) is 17.4. The maximum absolute atomic E-state index is 5.34. The van der Waals surface area contributed by atoms with Crippen LogP contribution in [0.1, 0.15) is 35.8 Å². The van der Waals surface area contributed by atoms with Gasteiger partial charge in [-0.25, -0.2) is 4.98 Å². The summed E-state index contributed by atoms with van der Waals surface area (Å²) in [6.07, 6.45) is 4.22.